The van der Waals surface area contributed by atoms with E-state index >= 15 is 0 Å². The maximum atomic E-state index is 11.8. The van der Waals surface area contributed by atoms with Crippen LogP contribution in [0.5, 0.6) is 0 Å². The van der Waals surface area contributed by atoms with Crippen LogP contribution in [0.2, 0.25) is 0 Å². The number of nitrogens with zero attached hydrogens (tertiary/aromatic N) is 2. The number of nitrogens with one attached hydrogen (secondary N) is 3. The summed E-state index contributed by atoms with van der Waals surface area (Å²) in [5.74, 6) is -0.221. The summed E-state index contributed by atoms with van der Waals surface area (Å²) in [6.07, 6.45) is 6.40. The number of aryl methyl sites for hydroxylation is 1. The SMILES string of the molecule is Cc1cnn(CCNCC(=O)N[C@H]2CCCCNC2=O)c1. The smallest absolute Gasteiger partial charge is 0.242 e. The van der Waals surface area contributed by atoms with Gasteiger partial charge >= 0.3 is 0 Å². The standard InChI is InChI=1S/C14H23N5O2/c1-11-8-17-19(10-11)7-6-15-9-13(20)18-12-4-2-3-5-16-14(12)21/h8,10,12,15H,2-7,9H2,1H3,(H,16,21)(H,18,20)/t12-/m0/s1. The van der Waals surface area contributed by atoms with E-state index < -0.39 is 6.04 Å². The third kappa shape index (κ3) is 5.18. The molecule has 0 saturated carbocycles. The van der Waals surface area contributed by atoms with Gasteiger partial charge in [0.2, 0.25) is 11.8 Å². The molecular weight excluding hydrogens is 270 g/mol. The minimum Gasteiger partial charge on any atom is -0.354 e. The van der Waals surface area contributed by atoms with Crippen molar-refractivity contribution in [1.29, 1.82) is 0 Å². The molecule has 116 valence electrons. The lowest BCUT2D eigenvalue weighted by Gasteiger charge is -2.15. The molecule has 1 aliphatic rings. The molecule has 3 N–H and O–H groups in total. The number of carbonyl (C=O) groups is 2. The first-order valence-electron chi connectivity index (χ1n) is 7.42. The van der Waals surface area contributed by atoms with Crippen molar-refractivity contribution >= 4 is 11.8 Å². The van der Waals surface area contributed by atoms with Gasteiger partial charge < -0.3 is 16.0 Å². The van der Waals surface area contributed by atoms with Crippen LogP contribution in [0.1, 0.15) is 24.8 Å². The fraction of sp³-hybridized carbons (Fsp3) is 0.643. The molecule has 7 nitrogen and oxygen atoms in total. The third-order valence-electron chi connectivity index (χ3n) is 3.44. The molecule has 1 aliphatic heterocycles. The molecule has 0 aromatic carbocycles. The molecule has 0 aliphatic carbocycles. The van der Waals surface area contributed by atoms with Crippen molar-refractivity contribution < 1.29 is 9.59 Å². The Hall–Kier alpha value is -1.89. The van der Waals surface area contributed by atoms with Crippen LogP contribution in [0.15, 0.2) is 12.4 Å². The molecular formula is C14H23N5O2. The molecule has 21 heavy (non-hydrogen) atoms. The van der Waals surface area contributed by atoms with E-state index in [0.29, 0.717) is 26.1 Å². The molecule has 2 amide bonds. The van der Waals surface area contributed by atoms with Crippen molar-refractivity contribution in [3.63, 3.8) is 0 Å². The zero-order valence-corrected chi connectivity index (χ0v) is 12.4. The van der Waals surface area contributed by atoms with Crippen molar-refractivity contribution in [3.05, 3.63) is 18.0 Å². The molecule has 0 unspecified atom stereocenters. The van der Waals surface area contributed by atoms with Crippen LogP contribution < -0.4 is 16.0 Å². The highest BCUT2D eigenvalue weighted by Crippen LogP contribution is 2.04. The second-order valence-corrected chi connectivity index (χ2v) is 5.36. The largest absolute Gasteiger partial charge is 0.354 e. The second kappa shape index (κ2) is 7.78. The van der Waals surface area contributed by atoms with Crippen LogP contribution in [-0.2, 0) is 16.1 Å². The van der Waals surface area contributed by atoms with Crippen molar-refractivity contribution in [3.8, 4) is 0 Å². The minimum absolute atomic E-state index is 0.0760. The quantitative estimate of drug-likeness (QED) is 0.621. The lowest BCUT2D eigenvalue weighted by Crippen LogP contribution is -2.48. The van der Waals surface area contributed by atoms with Gasteiger partial charge in [-0.15, -0.1) is 0 Å². The summed E-state index contributed by atoms with van der Waals surface area (Å²) in [7, 11) is 0. The molecule has 1 aromatic heterocycles. The Kier molecular flexibility index (Phi) is 5.74. The Morgan fingerprint density at radius 1 is 1.52 bits per heavy atom. The van der Waals surface area contributed by atoms with Crippen LogP contribution in [0, 0.1) is 6.92 Å². The maximum absolute atomic E-state index is 11.8. The van der Waals surface area contributed by atoms with Gasteiger partial charge in [-0.3, -0.25) is 14.3 Å². The van der Waals surface area contributed by atoms with Crippen molar-refractivity contribution in [2.75, 3.05) is 19.6 Å². The molecule has 0 spiro atoms. The summed E-state index contributed by atoms with van der Waals surface area (Å²) < 4.78 is 1.83. The van der Waals surface area contributed by atoms with Gasteiger partial charge in [0.25, 0.3) is 0 Å². The van der Waals surface area contributed by atoms with E-state index in [4.69, 9.17) is 0 Å². The molecule has 2 rings (SSSR count). The lowest BCUT2D eigenvalue weighted by molar-refractivity contribution is -0.128. The molecule has 1 aromatic rings. The van der Waals surface area contributed by atoms with Gasteiger partial charge in [0.05, 0.1) is 19.3 Å². The zero-order chi connectivity index (χ0) is 15.1. The van der Waals surface area contributed by atoms with Crippen LogP contribution in [0.3, 0.4) is 0 Å². The topological polar surface area (TPSA) is 88.1 Å². The number of hydrogen-bond acceptors (Lipinski definition) is 4. The van der Waals surface area contributed by atoms with Gasteiger partial charge in [-0.05, 0) is 31.7 Å². The average Bonchev–Trinajstić information content (AvgIpc) is 2.76. The van der Waals surface area contributed by atoms with Gasteiger partial charge in [-0.2, -0.15) is 5.10 Å². The predicted octanol–water partition coefficient (Wildman–Crippen LogP) is -0.434. The average molecular weight is 293 g/mol. The number of amides is 2. The third-order valence-corrected chi connectivity index (χ3v) is 3.44. The fourth-order valence-electron chi connectivity index (χ4n) is 2.31. The second-order valence-electron chi connectivity index (χ2n) is 5.36. The number of rotatable bonds is 6. The zero-order valence-electron chi connectivity index (χ0n) is 12.4. The normalized spacial score (nSPS) is 18.9. The predicted molar refractivity (Wildman–Crippen MR) is 78.6 cm³/mol. The van der Waals surface area contributed by atoms with Crippen LogP contribution >= 0.6 is 0 Å². The van der Waals surface area contributed by atoms with Gasteiger partial charge in [-0.25, -0.2) is 0 Å². The van der Waals surface area contributed by atoms with E-state index in [1.165, 1.54) is 0 Å². The Morgan fingerprint density at radius 2 is 2.38 bits per heavy atom. The van der Waals surface area contributed by atoms with Gasteiger partial charge in [0.1, 0.15) is 6.04 Å². The molecule has 1 fully saturated rings. The Balaban J connectivity index is 1.63. The minimum atomic E-state index is -0.393. The molecule has 7 heteroatoms. The number of carbonyl (C=O) groups excluding carboxylic acids is 2. The molecule has 0 radical (unpaired) electrons. The Bertz CT molecular complexity index is 485. The highest BCUT2D eigenvalue weighted by atomic mass is 16.2. The summed E-state index contributed by atoms with van der Waals surface area (Å²) in [5.41, 5.74) is 1.12. The van der Waals surface area contributed by atoms with Crippen LogP contribution in [-0.4, -0.2) is 47.3 Å². The van der Waals surface area contributed by atoms with E-state index in [0.717, 1.165) is 18.4 Å². The summed E-state index contributed by atoms with van der Waals surface area (Å²) in [4.78, 5) is 23.5. The summed E-state index contributed by atoms with van der Waals surface area (Å²) >= 11 is 0. The number of hydrogen-bond donors (Lipinski definition) is 3. The molecule has 2 heterocycles. The molecule has 0 bridgehead atoms. The van der Waals surface area contributed by atoms with E-state index in [-0.39, 0.29) is 18.4 Å². The summed E-state index contributed by atoms with van der Waals surface area (Å²) in [6.45, 7) is 4.27. The lowest BCUT2D eigenvalue weighted by atomic mass is 10.1. The van der Waals surface area contributed by atoms with Crippen LogP contribution in [0.25, 0.3) is 0 Å². The van der Waals surface area contributed by atoms with Crippen molar-refractivity contribution in [2.45, 2.75) is 38.8 Å². The molecule has 1 atom stereocenters. The highest BCUT2D eigenvalue weighted by Gasteiger charge is 2.21. The first-order chi connectivity index (χ1) is 10.1. The van der Waals surface area contributed by atoms with E-state index in [9.17, 15) is 9.59 Å². The summed E-state index contributed by atoms with van der Waals surface area (Å²) in [5, 5.41) is 12.8. The van der Waals surface area contributed by atoms with Gasteiger partial charge in [0.15, 0.2) is 0 Å². The fourth-order valence-corrected chi connectivity index (χ4v) is 2.31. The highest BCUT2D eigenvalue weighted by molar-refractivity contribution is 5.88. The first-order valence-corrected chi connectivity index (χ1v) is 7.42. The van der Waals surface area contributed by atoms with Gasteiger partial charge in [-0.1, -0.05) is 0 Å². The van der Waals surface area contributed by atoms with Crippen LogP contribution in [0.4, 0.5) is 0 Å². The van der Waals surface area contributed by atoms with E-state index in [1.807, 2.05) is 17.8 Å². The monoisotopic (exact) mass is 293 g/mol. The number of aromatic nitrogens is 2. The Morgan fingerprint density at radius 3 is 3.14 bits per heavy atom. The van der Waals surface area contributed by atoms with E-state index in [1.54, 1.807) is 6.20 Å². The molecule has 1 saturated heterocycles. The van der Waals surface area contributed by atoms with Gasteiger partial charge in [0, 0.05) is 19.3 Å². The summed E-state index contributed by atoms with van der Waals surface area (Å²) in [6, 6.07) is -0.393. The Labute approximate surface area is 124 Å². The van der Waals surface area contributed by atoms with E-state index in [2.05, 4.69) is 21.0 Å². The van der Waals surface area contributed by atoms with Crippen molar-refractivity contribution in [2.24, 2.45) is 0 Å². The maximum Gasteiger partial charge on any atom is 0.242 e. The van der Waals surface area contributed by atoms with Crippen molar-refractivity contribution in [1.82, 2.24) is 25.7 Å². The first kappa shape index (κ1) is 15.5.